The number of carbonyl (C=O) groups is 2. The average Bonchev–Trinajstić information content (AvgIpc) is 3.02. The molecule has 0 fully saturated rings. The van der Waals surface area contributed by atoms with Gasteiger partial charge in [-0.3, -0.25) is 9.59 Å². The lowest BCUT2D eigenvalue weighted by atomic mass is 10.2. The molecule has 1 heterocycles. The third-order valence-electron chi connectivity index (χ3n) is 2.96. The fraction of sp³-hybridized carbons (Fsp3) is 0.412. The summed E-state index contributed by atoms with van der Waals surface area (Å²) < 4.78 is 10.5. The molecule has 0 aliphatic heterocycles. The third kappa shape index (κ3) is 5.59. The lowest BCUT2D eigenvalue weighted by Crippen LogP contribution is -2.39. The highest BCUT2D eigenvalue weighted by molar-refractivity contribution is 5.93. The molecule has 2 amide bonds. The number of ether oxygens (including phenoxy) is 1. The zero-order chi connectivity index (χ0) is 18.4. The highest BCUT2D eigenvalue weighted by Gasteiger charge is 2.17. The average molecular weight is 346 g/mol. The molecule has 2 N–H and O–H groups in total. The Hall–Kier alpha value is -2.90. The highest BCUT2D eigenvalue weighted by Crippen LogP contribution is 2.20. The molecule has 0 unspecified atom stereocenters. The largest absolute Gasteiger partial charge is 0.491 e. The van der Waals surface area contributed by atoms with E-state index < -0.39 is 5.91 Å². The molecule has 8 heteroatoms. The SMILES string of the molecule is CC(C)NC(=O)CNC(=O)c1nc(-c2ccc(OC(C)C)cc2)no1. The van der Waals surface area contributed by atoms with Crippen LogP contribution in [-0.2, 0) is 4.79 Å². The van der Waals surface area contributed by atoms with Crippen molar-refractivity contribution < 1.29 is 18.8 Å². The van der Waals surface area contributed by atoms with Crippen LogP contribution >= 0.6 is 0 Å². The first-order chi connectivity index (χ1) is 11.8. The minimum Gasteiger partial charge on any atom is -0.491 e. The molecule has 8 nitrogen and oxygen atoms in total. The number of benzene rings is 1. The van der Waals surface area contributed by atoms with E-state index in [0.29, 0.717) is 5.56 Å². The van der Waals surface area contributed by atoms with Crippen molar-refractivity contribution >= 4 is 11.8 Å². The molecule has 0 aliphatic rings. The van der Waals surface area contributed by atoms with Crippen molar-refractivity contribution in [2.75, 3.05) is 6.54 Å². The maximum absolute atomic E-state index is 11.9. The van der Waals surface area contributed by atoms with Gasteiger partial charge in [0.25, 0.3) is 0 Å². The van der Waals surface area contributed by atoms with E-state index in [2.05, 4.69) is 20.8 Å². The molecule has 0 aliphatic carbocycles. The molecular weight excluding hydrogens is 324 g/mol. The smallest absolute Gasteiger partial charge is 0.316 e. The molecule has 2 rings (SSSR count). The third-order valence-corrected chi connectivity index (χ3v) is 2.96. The number of carbonyl (C=O) groups excluding carboxylic acids is 2. The molecule has 0 saturated heterocycles. The second-order valence-corrected chi connectivity index (χ2v) is 6.02. The van der Waals surface area contributed by atoms with Crippen LogP contribution in [0.3, 0.4) is 0 Å². The van der Waals surface area contributed by atoms with Crippen molar-refractivity contribution in [2.24, 2.45) is 0 Å². The van der Waals surface area contributed by atoms with Gasteiger partial charge in [-0.05, 0) is 52.0 Å². The molecule has 134 valence electrons. The summed E-state index contributed by atoms with van der Waals surface area (Å²) in [7, 11) is 0. The van der Waals surface area contributed by atoms with Crippen LogP contribution < -0.4 is 15.4 Å². The minimum absolute atomic E-state index is 0.00190. The first-order valence-corrected chi connectivity index (χ1v) is 8.03. The maximum Gasteiger partial charge on any atom is 0.316 e. The lowest BCUT2D eigenvalue weighted by molar-refractivity contribution is -0.120. The summed E-state index contributed by atoms with van der Waals surface area (Å²) >= 11 is 0. The van der Waals surface area contributed by atoms with Crippen molar-refractivity contribution in [3.8, 4) is 17.1 Å². The van der Waals surface area contributed by atoms with E-state index in [1.807, 2.05) is 27.7 Å². The van der Waals surface area contributed by atoms with Crippen molar-refractivity contribution in [3.05, 3.63) is 30.2 Å². The topological polar surface area (TPSA) is 106 Å². The molecule has 0 bridgehead atoms. The number of amides is 2. The first kappa shape index (κ1) is 18.4. The van der Waals surface area contributed by atoms with Gasteiger partial charge >= 0.3 is 11.8 Å². The second kappa shape index (κ2) is 8.27. The van der Waals surface area contributed by atoms with Crippen LogP contribution in [0.2, 0.25) is 0 Å². The summed E-state index contributed by atoms with van der Waals surface area (Å²) in [6.45, 7) is 7.40. The predicted molar refractivity (Wildman–Crippen MR) is 91.1 cm³/mol. The summed E-state index contributed by atoms with van der Waals surface area (Å²) in [5, 5.41) is 8.88. The van der Waals surface area contributed by atoms with Crippen LogP contribution in [0.5, 0.6) is 5.75 Å². The van der Waals surface area contributed by atoms with Gasteiger partial charge in [0, 0.05) is 11.6 Å². The maximum atomic E-state index is 11.9. The van der Waals surface area contributed by atoms with E-state index in [1.165, 1.54) is 0 Å². The molecule has 1 aromatic heterocycles. The van der Waals surface area contributed by atoms with Crippen LogP contribution in [0, 0.1) is 0 Å². The summed E-state index contributed by atoms with van der Waals surface area (Å²) in [4.78, 5) is 27.5. The molecule has 0 spiro atoms. The second-order valence-electron chi connectivity index (χ2n) is 6.02. The number of aromatic nitrogens is 2. The van der Waals surface area contributed by atoms with Gasteiger partial charge in [0.1, 0.15) is 5.75 Å². The van der Waals surface area contributed by atoms with E-state index in [1.54, 1.807) is 24.3 Å². The summed E-state index contributed by atoms with van der Waals surface area (Å²) in [5.41, 5.74) is 0.691. The van der Waals surface area contributed by atoms with Gasteiger partial charge in [-0.1, -0.05) is 5.16 Å². The molecule has 25 heavy (non-hydrogen) atoms. The predicted octanol–water partition coefficient (Wildman–Crippen LogP) is 1.78. The van der Waals surface area contributed by atoms with Gasteiger partial charge in [0.15, 0.2) is 0 Å². The van der Waals surface area contributed by atoms with Crippen molar-refractivity contribution in [1.82, 2.24) is 20.8 Å². The zero-order valence-electron chi connectivity index (χ0n) is 14.7. The molecule has 0 saturated carbocycles. The van der Waals surface area contributed by atoms with E-state index in [9.17, 15) is 9.59 Å². The van der Waals surface area contributed by atoms with Gasteiger partial charge in [-0.2, -0.15) is 4.98 Å². The molecular formula is C17H22N4O4. The molecule has 1 aromatic carbocycles. The highest BCUT2D eigenvalue weighted by atomic mass is 16.5. The van der Waals surface area contributed by atoms with Gasteiger partial charge in [0.2, 0.25) is 11.7 Å². The molecule has 0 atom stereocenters. The quantitative estimate of drug-likeness (QED) is 0.791. The summed E-state index contributed by atoms with van der Waals surface area (Å²) in [6.07, 6.45) is 0.0826. The van der Waals surface area contributed by atoms with E-state index in [-0.39, 0.29) is 36.3 Å². The minimum atomic E-state index is -0.600. The van der Waals surface area contributed by atoms with Gasteiger partial charge in [-0.15, -0.1) is 0 Å². The number of nitrogens with zero attached hydrogens (tertiary/aromatic N) is 2. The van der Waals surface area contributed by atoms with Gasteiger partial charge < -0.3 is 19.9 Å². The fourth-order valence-corrected chi connectivity index (χ4v) is 2.00. The monoisotopic (exact) mass is 346 g/mol. The first-order valence-electron chi connectivity index (χ1n) is 8.03. The van der Waals surface area contributed by atoms with Gasteiger partial charge in [-0.25, -0.2) is 0 Å². The van der Waals surface area contributed by atoms with Crippen LogP contribution in [0.1, 0.15) is 38.4 Å². The Kier molecular flexibility index (Phi) is 6.10. The van der Waals surface area contributed by atoms with Crippen molar-refractivity contribution in [3.63, 3.8) is 0 Å². The summed E-state index contributed by atoms with van der Waals surface area (Å²) in [5.74, 6) is -0.0691. The van der Waals surface area contributed by atoms with Crippen LogP contribution in [-0.4, -0.2) is 40.6 Å². The standard InChI is InChI=1S/C17H22N4O4/c1-10(2)19-14(22)9-18-16(23)17-20-15(21-25-17)12-5-7-13(8-6-12)24-11(3)4/h5-8,10-11H,9H2,1-4H3,(H,18,23)(H,19,22). The Bertz CT molecular complexity index is 723. The normalized spacial score (nSPS) is 10.8. The summed E-state index contributed by atoms with van der Waals surface area (Å²) in [6, 6.07) is 7.14. The Morgan fingerprint density at radius 3 is 2.44 bits per heavy atom. The number of nitrogens with one attached hydrogen (secondary N) is 2. The Labute approximate surface area is 145 Å². The van der Waals surface area contributed by atoms with Gasteiger partial charge in [0.05, 0.1) is 12.6 Å². The zero-order valence-corrected chi connectivity index (χ0v) is 14.7. The van der Waals surface area contributed by atoms with Crippen LogP contribution in [0.4, 0.5) is 0 Å². The molecule has 0 radical (unpaired) electrons. The number of hydrogen-bond acceptors (Lipinski definition) is 6. The Balaban J connectivity index is 1.97. The number of rotatable bonds is 7. The van der Waals surface area contributed by atoms with E-state index in [4.69, 9.17) is 9.26 Å². The van der Waals surface area contributed by atoms with Crippen LogP contribution in [0.25, 0.3) is 11.4 Å². The van der Waals surface area contributed by atoms with Crippen molar-refractivity contribution in [2.45, 2.75) is 39.8 Å². The Morgan fingerprint density at radius 1 is 1.16 bits per heavy atom. The number of hydrogen-bond donors (Lipinski definition) is 2. The lowest BCUT2D eigenvalue weighted by Gasteiger charge is -2.09. The Morgan fingerprint density at radius 2 is 1.84 bits per heavy atom. The van der Waals surface area contributed by atoms with Crippen LogP contribution in [0.15, 0.2) is 28.8 Å². The molecule has 2 aromatic rings. The fourth-order valence-electron chi connectivity index (χ4n) is 2.00. The van der Waals surface area contributed by atoms with Crippen molar-refractivity contribution in [1.29, 1.82) is 0 Å². The van der Waals surface area contributed by atoms with E-state index in [0.717, 1.165) is 5.75 Å². The van der Waals surface area contributed by atoms with E-state index >= 15 is 0 Å².